The predicted molar refractivity (Wildman–Crippen MR) is 62.3 cm³/mol. The molecule has 1 nitrogen and oxygen atoms in total. The highest BCUT2D eigenvalue weighted by Gasteiger charge is 2.21. The van der Waals surface area contributed by atoms with Crippen molar-refractivity contribution in [3.8, 4) is 0 Å². The zero-order valence-corrected chi connectivity index (χ0v) is 11.4. The van der Waals surface area contributed by atoms with Gasteiger partial charge in [0.2, 0.25) is 8.32 Å². The molecule has 0 aromatic heterocycles. The average molecular weight is 200 g/mol. The van der Waals surface area contributed by atoms with Crippen molar-refractivity contribution in [1.82, 2.24) is 0 Å². The Bertz CT molecular complexity index is 203. The van der Waals surface area contributed by atoms with Crippen LogP contribution in [0.15, 0.2) is 11.3 Å². The number of hydrogen-bond acceptors (Lipinski definition) is 1. The van der Waals surface area contributed by atoms with E-state index in [4.69, 9.17) is 4.43 Å². The topological polar surface area (TPSA) is 9.23 Å². The molecule has 0 amide bonds. The van der Waals surface area contributed by atoms with E-state index in [-0.39, 0.29) is 5.41 Å². The van der Waals surface area contributed by atoms with Gasteiger partial charge in [0, 0.05) is 0 Å². The molecule has 0 aromatic carbocycles. The van der Waals surface area contributed by atoms with Crippen LogP contribution in [0.3, 0.4) is 0 Å². The molecule has 0 radical (unpaired) electrons. The second kappa shape index (κ2) is 3.87. The first-order valence-corrected chi connectivity index (χ1v) is 8.32. The molecule has 0 atom stereocenters. The molecule has 0 spiro atoms. The Morgan fingerprint density at radius 3 is 1.62 bits per heavy atom. The van der Waals surface area contributed by atoms with Crippen molar-refractivity contribution in [2.45, 2.75) is 54.3 Å². The van der Waals surface area contributed by atoms with E-state index in [9.17, 15) is 0 Å². The summed E-state index contributed by atoms with van der Waals surface area (Å²) < 4.78 is 5.94. The third-order valence-electron chi connectivity index (χ3n) is 2.11. The van der Waals surface area contributed by atoms with E-state index >= 15 is 0 Å². The maximum Gasteiger partial charge on any atom is 0.241 e. The van der Waals surface area contributed by atoms with Crippen molar-refractivity contribution in [2.24, 2.45) is 5.41 Å². The Labute approximate surface area is 84.3 Å². The molecular formula is C11H24OSi. The molecule has 78 valence electrons. The van der Waals surface area contributed by atoms with Crippen LogP contribution < -0.4 is 0 Å². The van der Waals surface area contributed by atoms with Gasteiger partial charge in [-0.05, 0) is 44.5 Å². The van der Waals surface area contributed by atoms with Crippen molar-refractivity contribution >= 4 is 8.32 Å². The van der Waals surface area contributed by atoms with Crippen LogP contribution in [0.1, 0.15) is 34.6 Å². The second-order valence-corrected chi connectivity index (χ2v) is 10.1. The molecule has 0 unspecified atom stereocenters. The second-order valence-electron chi connectivity index (χ2n) is 5.65. The van der Waals surface area contributed by atoms with Crippen LogP contribution in [0.5, 0.6) is 0 Å². The lowest BCUT2D eigenvalue weighted by atomic mass is 9.87. The third-order valence-corrected chi connectivity index (χ3v) is 3.03. The monoisotopic (exact) mass is 200 g/mol. The number of hydrogen-bond donors (Lipinski definition) is 0. The standard InChI is InChI=1S/C11H24OSi/c1-9(11(3,4)5)10(2)12-13(6,7)8/h1-8H3/b10-9+. The summed E-state index contributed by atoms with van der Waals surface area (Å²) in [5.41, 5.74) is 1.58. The van der Waals surface area contributed by atoms with Gasteiger partial charge in [0.15, 0.2) is 0 Å². The highest BCUT2D eigenvalue weighted by Crippen LogP contribution is 2.28. The van der Waals surface area contributed by atoms with E-state index in [1.807, 2.05) is 0 Å². The number of rotatable bonds is 2. The van der Waals surface area contributed by atoms with Gasteiger partial charge >= 0.3 is 0 Å². The van der Waals surface area contributed by atoms with Gasteiger partial charge < -0.3 is 4.43 Å². The fraction of sp³-hybridized carbons (Fsp3) is 0.818. The van der Waals surface area contributed by atoms with Crippen LogP contribution in [0, 0.1) is 5.41 Å². The molecule has 0 saturated heterocycles. The van der Waals surface area contributed by atoms with Crippen LogP contribution in [0.25, 0.3) is 0 Å². The maximum absolute atomic E-state index is 5.94. The lowest BCUT2D eigenvalue weighted by Gasteiger charge is -2.27. The smallest absolute Gasteiger partial charge is 0.241 e. The average Bonchev–Trinajstić information content (AvgIpc) is 1.79. The molecule has 0 saturated carbocycles. The lowest BCUT2D eigenvalue weighted by molar-refractivity contribution is 0.385. The Kier molecular flexibility index (Phi) is 3.79. The summed E-state index contributed by atoms with van der Waals surface area (Å²) in [5, 5.41) is 0. The third kappa shape index (κ3) is 5.14. The highest BCUT2D eigenvalue weighted by atomic mass is 28.4. The molecule has 0 aliphatic rings. The summed E-state index contributed by atoms with van der Waals surface area (Å²) in [4.78, 5) is 0. The van der Waals surface area contributed by atoms with E-state index < -0.39 is 8.32 Å². The zero-order chi connectivity index (χ0) is 10.9. The van der Waals surface area contributed by atoms with Gasteiger partial charge in [0.05, 0.1) is 5.76 Å². The minimum atomic E-state index is -1.42. The fourth-order valence-electron chi connectivity index (χ4n) is 1.06. The maximum atomic E-state index is 5.94. The molecule has 13 heavy (non-hydrogen) atoms. The van der Waals surface area contributed by atoms with Gasteiger partial charge in [-0.15, -0.1) is 0 Å². The molecule has 0 heterocycles. The lowest BCUT2D eigenvalue weighted by Crippen LogP contribution is -2.25. The fourth-order valence-corrected chi connectivity index (χ4v) is 2.14. The summed E-state index contributed by atoms with van der Waals surface area (Å²) in [7, 11) is -1.42. The van der Waals surface area contributed by atoms with Crippen LogP contribution in [0.2, 0.25) is 19.6 Å². The molecule has 0 aliphatic carbocycles. The summed E-state index contributed by atoms with van der Waals surface area (Å²) in [6.07, 6.45) is 0. The molecule has 0 rings (SSSR count). The van der Waals surface area contributed by atoms with Crippen LogP contribution >= 0.6 is 0 Å². The van der Waals surface area contributed by atoms with Crippen molar-refractivity contribution in [1.29, 1.82) is 0 Å². The largest absolute Gasteiger partial charge is 0.548 e. The normalized spacial score (nSPS) is 15.4. The summed E-state index contributed by atoms with van der Waals surface area (Å²) in [6, 6.07) is 0. The van der Waals surface area contributed by atoms with Crippen LogP contribution in [0.4, 0.5) is 0 Å². The first kappa shape index (κ1) is 12.8. The number of allylic oxidation sites excluding steroid dienone is 2. The Morgan fingerprint density at radius 1 is 1.00 bits per heavy atom. The highest BCUT2D eigenvalue weighted by molar-refractivity contribution is 6.70. The van der Waals surface area contributed by atoms with E-state index in [0.29, 0.717) is 0 Å². The minimum Gasteiger partial charge on any atom is -0.548 e. The van der Waals surface area contributed by atoms with Crippen molar-refractivity contribution in [3.05, 3.63) is 11.3 Å². The molecule has 0 aliphatic heterocycles. The van der Waals surface area contributed by atoms with Crippen molar-refractivity contribution < 1.29 is 4.43 Å². The SMILES string of the molecule is C/C(O[Si](C)(C)C)=C(/C)C(C)(C)C. The molecule has 0 N–H and O–H groups in total. The van der Waals surface area contributed by atoms with Gasteiger partial charge in [0.25, 0.3) is 0 Å². The first-order valence-electron chi connectivity index (χ1n) is 4.91. The van der Waals surface area contributed by atoms with Crippen LogP contribution in [-0.2, 0) is 4.43 Å². The van der Waals surface area contributed by atoms with E-state index in [1.165, 1.54) is 5.57 Å². The van der Waals surface area contributed by atoms with Gasteiger partial charge in [-0.3, -0.25) is 0 Å². The molecular weight excluding hydrogens is 176 g/mol. The quantitative estimate of drug-likeness (QED) is 0.480. The summed E-state index contributed by atoms with van der Waals surface area (Å²) in [5.74, 6) is 1.12. The van der Waals surface area contributed by atoms with Crippen LogP contribution in [-0.4, -0.2) is 8.32 Å². The van der Waals surface area contributed by atoms with E-state index in [1.54, 1.807) is 0 Å². The van der Waals surface area contributed by atoms with Gasteiger partial charge in [0.1, 0.15) is 0 Å². The Balaban J connectivity index is 4.65. The molecule has 0 fully saturated rings. The van der Waals surface area contributed by atoms with Gasteiger partial charge in [-0.1, -0.05) is 20.8 Å². The van der Waals surface area contributed by atoms with E-state index in [2.05, 4.69) is 54.3 Å². The van der Waals surface area contributed by atoms with Crippen molar-refractivity contribution in [3.63, 3.8) is 0 Å². The molecule has 2 heteroatoms. The zero-order valence-electron chi connectivity index (χ0n) is 10.4. The van der Waals surface area contributed by atoms with E-state index in [0.717, 1.165) is 5.76 Å². The summed E-state index contributed by atoms with van der Waals surface area (Å²) >= 11 is 0. The molecule has 0 aromatic rings. The summed E-state index contributed by atoms with van der Waals surface area (Å²) in [6.45, 7) is 17.6. The minimum absolute atomic E-state index is 0.226. The van der Waals surface area contributed by atoms with Gasteiger partial charge in [-0.2, -0.15) is 0 Å². The Morgan fingerprint density at radius 2 is 1.38 bits per heavy atom. The first-order chi connectivity index (χ1) is 5.54. The van der Waals surface area contributed by atoms with Gasteiger partial charge in [-0.25, -0.2) is 0 Å². The predicted octanol–water partition coefficient (Wildman–Crippen LogP) is 4.18. The Hall–Kier alpha value is -0.243. The van der Waals surface area contributed by atoms with Crippen molar-refractivity contribution in [2.75, 3.05) is 0 Å². The molecule has 0 bridgehead atoms.